The second-order valence-corrected chi connectivity index (χ2v) is 11.0. The minimum absolute atomic E-state index is 0.0701. The van der Waals surface area contributed by atoms with E-state index in [4.69, 9.17) is 17.3 Å². The van der Waals surface area contributed by atoms with E-state index >= 15 is 0 Å². The van der Waals surface area contributed by atoms with Gasteiger partial charge in [0.25, 0.3) is 0 Å². The minimum atomic E-state index is -3.34. The van der Waals surface area contributed by atoms with E-state index in [1.807, 2.05) is 19.1 Å². The predicted octanol–water partition coefficient (Wildman–Crippen LogP) is 5.59. The van der Waals surface area contributed by atoms with Crippen molar-refractivity contribution in [2.75, 3.05) is 6.26 Å². The normalized spacial score (nSPS) is 13.3. The monoisotopic (exact) mass is 500 g/mol. The highest BCUT2D eigenvalue weighted by molar-refractivity contribution is 7.90. The molecule has 0 saturated carbocycles. The molecule has 0 aliphatic rings. The third kappa shape index (κ3) is 5.91. The summed E-state index contributed by atoms with van der Waals surface area (Å²) in [6.45, 7) is 4.88. The Morgan fingerprint density at radius 3 is 2.32 bits per heavy atom. The number of aliphatic imine (C=N–C) groups is 1. The van der Waals surface area contributed by atoms with Gasteiger partial charge in [0.2, 0.25) is 0 Å². The molecule has 0 aliphatic carbocycles. The number of nitrogens with two attached hydrogens (primary N) is 1. The predicted molar refractivity (Wildman–Crippen MR) is 136 cm³/mol. The Hall–Kier alpha value is -3.00. The lowest BCUT2D eigenvalue weighted by atomic mass is 10.0. The van der Waals surface area contributed by atoms with Crippen LogP contribution < -0.4 is 5.73 Å². The molecule has 0 radical (unpaired) electrons. The number of aryl methyl sites for hydroxylation is 1. The van der Waals surface area contributed by atoms with E-state index in [9.17, 15) is 17.9 Å². The molecule has 3 rings (SSSR count). The zero-order chi connectivity index (χ0) is 25.3. The van der Waals surface area contributed by atoms with Crippen LogP contribution in [0.3, 0.4) is 0 Å². The number of rotatable bonds is 6. The summed E-state index contributed by atoms with van der Waals surface area (Å²) in [7, 11) is -3.34. The fourth-order valence-electron chi connectivity index (χ4n) is 3.22. The van der Waals surface area contributed by atoms with Crippen molar-refractivity contribution in [3.05, 3.63) is 94.4 Å². The molecule has 3 aromatic rings. The first kappa shape index (κ1) is 25.6. The number of aliphatic hydroxyl groups is 1. The zero-order valence-electron chi connectivity index (χ0n) is 19.3. The highest BCUT2D eigenvalue weighted by Crippen LogP contribution is 2.30. The topological polar surface area (TPSA) is 92.8 Å². The van der Waals surface area contributed by atoms with Crippen LogP contribution in [-0.4, -0.2) is 31.1 Å². The Balaban J connectivity index is 2.14. The van der Waals surface area contributed by atoms with Gasteiger partial charge in [0.05, 0.1) is 32.5 Å². The summed E-state index contributed by atoms with van der Waals surface area (Å²) in [5.41, 5.74) is 7.88. The molecule has 178 valence electrons. The summed E-state index contributed by atoms with van der Waals surface area (Å²) >= 11 is 6.28. The molecule has 0 atom stereocenters. The van der Waals surface area contributed by atoms with Crippen LogP contribution in [0.1, 0.15) is 25.0 Å². The van der Waals surface area contributed by atoms with Crippen molar-refractivity contribution in [2.24, 2.45) is 10.7 Å². The number of hydrogen-bond donors (Lipinski definition) is 2. The molecule has 3 N–H and O–H groups in total. The van der Waals surface area contributed by atoms with Gasteiger partial charge >= 0.3 is 0 Å². The lowest BCUT2D eigenvalue weighted by molar-refractivity contribution is 0.118. The maximum atomic E-state index is 14.7. The van der Waals surface area contributed by atoms with E-state index in [1.54, 1.807) is 36.4 Å². The highest BCUT2D eigenvalue weighted by Gasteiger charge is 2.20. The largest absolute Gasteiger partial charge is 0.400 e. The van der Waals surface area contributed by atoms with Crippen LogP contribution in [0.2, 0.25) is 5.02 Å². The lowest BCUT2D eigenvalue weighted by Gasteiger charge is -2.18. The van der Waals surface area contributed by atoms with Crippen LogP contribution in [0.15, 0.2) is 82.3 Å². The average molecular weight is 501 g/mol. The second-order valence-electron chi connectivity index (χ2n) is 8.55. The first-order chi connectivity index (χ1) is 15.8. The summed E-state index contributed by atoms with van der Waals surface area (Å²) in [6, 6.07) is 16.4. The lowest BCUT2D eigenvalue weighted by Crippen LogP contribution is -2.28. The van der Waals surface area contributed by atoms with Crippen molar-refractivity contribution < 1.29 is 17.9 Å². The third-order valence-electron chi connectivity index (χ3n) is 5.25. The maximum absolute atomic E-state index is 14.7. The Bertz CT molecular complexity index is 1390. The van der Waals surface area contributed by atoms with E-state index in [0.29, 0.717) is 5.69 Å². The molecular weight excluding hydrogens is 475 g/mol. The molecule has 0 spiro atoms. The van der Waals surface area contributed by atoms with E-state index in [0.717, 1.165) is 22.9 Å². The van der Waals surface area contributed by atoms with Gasteiger partial charge in [-0.05, 0) is 79.9 Å². The smallest absolute Gasteiger partial charge is 0.175 e. The van der Waals surface area contributed by atoms with Gasteiger partial charge in [0.1, 0.15) is 5.82 Å². The number of benzene rings is 3. The molecule has 3 aromatic carbocycles. The molecule has 5 nitrogen and oxygen atoms in total. The molecule has 0 heterocycles. The van der Waals surface area contributed by atoms with Crippen LogP contribution >= 0.6 is 11.6 Å². The molecule has 0 saturated heterocycles. The maximum Gasteiger partial charge on any atom is 0.175 e. The first-order valence-corrected chi connectivity index (χ1v) is 12.7. The third-order valence-corrected chi connectivity index (χ3v) is 6.68. The van der Waals surface area contributed by atoms with E-state index < -0.39 is 21.3 Å². The Morgan fingerprint density at radius 1 is 1.09 bits per heavy atom. The van der Waals surface area contributed by atoms with Gasteiger partial charge in [0.15, 0.2) is 9.84 Å². The van der Waals surface area contributed by atoms with Gasteiger partial charge in [-0.1, -0.05) is 35.9 Å². The van der Waals surface area contributed by atoms with E-state index in [1.165, 1.54) is 32.1 Å². The van der Waals surface area contributed by atoms with Gasteiger partial charge in [-0.15, -0.1) is 0 Å². The molecule has 0 bridgehead atoms. The van der Waals surface area contributed by atoms with Crippen molar-refractivity contribution in [3.63, 3.8) is 0 Å². The molecular formula is C26H26ClFN2O3S. The molecule has 0 unspecified atom stereocenters. The summed E-state index contributed by atoms with van der Waals surface area (Å²) < 4.78 is 38.6. The van der Waals surface area contributed by atoms with E-state index in [2.05, 4.69) is 4.99 Å². The summed E-state index contributed by atoms with van der Waals surface area (Å²) in [5, 5.41) is 10.4. The number of allylic oxidation sites excluding steroid dienone is 1. The SMILES string of the molecule is Cc1cc(-c2cccc(S(C)(=O)=O)c2)ccc1N=C(/C=C(\N)C(C)(C)O)c1c(F)cccc1Cl. The Labute approximate surface area is 204 Å². The highest BCUT2D eigenvalue weighted by atomic mass is 35.5. The Kier molecular flexibility index (Phi) is 7.31. The average Bonchev–Trinajstić information content (AvgIpc) is 2.73. The van der Waals surface area contributed by atoms with E-state index in [-0.39, 0.29) is 26.9 Å². The van der Waals surface area contributed by atoms with Gasteiger partial charge in [-0.2, -0.15) is 0 Å². The van der Waals surface area contributed by atoms with Crippen molar-refractivity contribution in [1.82, 2.24) is 0 Å². The van der Waals surface area contributed by atoms with Crippen LogP contribution in [0.5, 0.6) is 0 Å². The fraction of sp³-hybridized carbons (Fsp3) is 0.192. The summed E-state index contributed by atoms with van der Waals surface area (Å²) in [6.07, 6.45) is 2.57. The molecule has 8 heteroatoms. The number of hydrogen-bond acceptors (Lipinski definition) is 5. The molecule has 0 amide bonds. The first-order valence-electron chi connectivity index (χ1n) is 10.4. The number of halogens is 2. The minimum Gasteiger partial charge on any atom is -0.400 e. The second kappa shape index (κ2) is 9.70. The number of sulfone groups is 1. The van der Waals surface area contributed by atoms with Gasteiger partial charge < -0.3 is 10.8 Å². The number of nitrogens with zero attached hydrogens (tertiary/aromatic N) is 1. The quantitative estimate of drug-likeness (QED) is 0.431. The molecule has 0 aliphatic heterocycles. The van der Waals surface area contributed by atoms with Crippen molar-refractivity contribution >= 4 is 32.8 Å². The molecule has 0 aromatic heterocycles. The van der Waals surface area contributed by atoms with Crippen molar-refractivity contribution in [2.45, 2.75) is 31.3 Å². The van der Waals surface area contributed by atoms with Crippen LogP contribution in [0, 0.1) is 12.7 Å². The van der Waals surface area contributed by atoms with Crippen LogP contribution in [0.25, 0.3) is 11.1 Å². The standard InChI is InChI=1S/C26H26ClFN2O3S/c1-16-13-18(17-7-5-8-19(14-17)34(4,32)33)11-12-22(16)30-23(15-24(29)26(2,3)31)25-20(27)9-6-10-21(25)28/h5-15,31H,29H2,1-4H3/b24-15-,30-23?. The van der Waals surface area contributed by atoms with Gasteiger partial charge in [0, 0.05) is 12.0 Å². The van der Waals surface area contributed by atoms with Crippen molar-refractivity contribution in [3.8, 4) is 11.1 Å². The Morgan fingerprint density at radius 2 is 1.74 bits per heavy atom. The van der Waals surface area contributed by atoms with Gasteiger partial charge in [-0.3, -0.25) is 0 Å². The summed E-state index contributed by atoms with van der Waals surface area (Å²) in [5.74, 6) is -0.571. The molecule has 0 fully saturated rings. The zero-order valence-corrected chi connectivity index (χ0v) is 20.9. The molecule has 34 heavy (non-hydrogen) atoms. The van der Waals surface area contributed by atoms with Gasteiger partial charge in [-0.25, -0.2) is 17.8 Å². The van der Waals surface area contributed by atoms with Crippen molar-refractivity contribution in [1.29, 1.82) is 0 Å². The fourth-order valence-corrected chi connectivity index (χ4v) is 4.15. The van der Waals surface area contributed by atoms with Crippen LogP contribution in [-0.2, 0) is 9.84 Å². The van der Waals surface area contributed by atoms with Crippen LogP contribution in [0.4, 0.5) is 10.1 Å². The summed E-state index contributed by atoms with van der Waals surface area (Å²) in [4.78, 5) is 4.85.